The first kappa shape index (κ1) is 14.0. The van der Waals surface area contributed by atoms with Crippen molar-refractivity contribution in [2.24, 2.45) is 0 Å². The molecule has 0 fully saturated rings. The highest BCUT2D eigenvalue weighted by Crippen LogP contribution is 2.10. The summed E-state index contributed by atoms with van der Waals surface area (Å²) in [4.78, 5) is 11.7. The number of rotatable bonds is 4. The van der Waals surface area contributed by atoms with Gasteiger partial charge in [0.15, 0.2) is 0 Å². The molecule has 0 aliphatic carbocycles. The average molecular weight is 276 g/mol. The summed E-state index contributed by atoms with van der Waals surface area (Å²) in [5.74, 6) is -0.414. The van der Waals surface area contributed by atoms with Crippen LogP contribution in [-0.2, 0) is 9.84 Å². The van der Waals surface area contributed by atoms with Crippen molar-refractivity contribution in [1.82, 2.24) is 5.32 Å². The third kappa shape index (κ3) is 5.19. The molecule has 1 aromatic rings. The van der Waals surface area contributed by atoms with Gasteiger partial charge >= 0.3 is 0 Å². The van der Waals surface area contributed by atoms with Gasteiger partial charge in [0.2, 0.25) is 0 Å². The molecule has 94 valence electrons. The van der Waals surface area contributed by atoms with E-state index < -0.39 is 15.9 Å². The fraction of sp³-hybridized carbons (Fsp3) is 0.364. The molecule has 1 rings (SSSR count). The van der Waals surface area contributed by atoms with Crippen molar-refractivity contribution >= 4 is 27.3 Å². The second-order valence-corrected chi connectivity index (χ2v) is 6.60. The van der Waals surface area contributed by atoms with Crippen molar-refractivity contribution in [1.29, 1.82) is 0 Å². The van der Waals surface area contributed by atoms with Crippen LogP contribution in [0.4, 0.5) is 0 Å². The smallest absolute Gasteiger partial charge is 0.251 e. The van der Waals surface area contributed by atoms with Crippen LogP contribution in [0.5, 0.6) is 0 Å². The van der Waals surface area contributed by atoms with E-state index in [1.165, 1.54) is 6.07 Å². The van der Waals surface area contributed by atoms with Gasteiger partial charge in [-0.05, 0) is 25.1 Å². The minimum atomic E-state index is -3.10. The van der Waals surface area contributed by atoms with Gasteiger partial charge in [-0.2, -0.15) is 0 Å². The standard InChI is InChI=1S/C11H14ClNO3S/c1-8(7-17(2,15)16)13-11(14)9-4-3-5-10(12)6-9/h3-6,8H,7H2,1-2H3,(H,13,14). The van der Waals surface area contributed by atoms with E-state index in [-0.39, 0.29) is 11.7 Å². The average Bonchev–Trinajstić information content (AvgIpc) is 2.14. The van der Waals surface area contributed by atoms with Gasteiger partial charge in [-0.3, -0.25) is 4.79 Å². The van der Waals surface area contributed by atoms with Crippen LogP contribution in [0.3, 0.4) is 0 Å². The molecule has 0 heterocycles. The molecule has 0 aromatic heterocycles. The zero-order valence-electron chi connectivity index (χ0n) is 9.60. The molecule has 0 spiro atoms. The molecule has 4 nitrogen and oxygen atoms in total. The summed E-state index contributed by atoms with van der Waals surface area (Å²) in [5.41, 5.74) is 0.415. The molecule has 0 bridgehead atoms. The number of sulfone groups is 1. The minimum Gasteiger partial charge on any atom is -0.349 e. The summed E-state index contributed by atoms with van der Waals surface area (Å²) in [5, 5.41) is 3.07. The van der Waals surface area contributed by atoms with E-state index in [1.807, 2.05) is 0 Å². The van der Waals surface area contributed by atoms with E-state index in [4.69, 9.17) is 11.6 Å². The normalized spacial score (nSPS) is 13.1. The Bertz CT molecular complexity index is 513. The van der Waals surface area contributed by atoms with E-state index in [1.54, 1.807) is 25.1 Å². The number of carbonyl (C=O) groups excluding carboxylic acids is 1. The Labute approximate surface area is 106 Å². The minimum absolute atomic E-state index is 0.0840. The molecule has 0 aliphatic rings. The first-order chi connectivity index (χ1) is 7.78. The Morgan fingerprint density at radius 2 is 2.12 bits per heavy atom. The van der Waals surface area contributed by atoms with Gasteiger partial charge in [0.25, 0.3) is 5.91 Å². The highest BCUT2D eigenvalue weighted by molar-refractivity contribution is 7.90. The molecule has 1 unspecified atom stereocenters. The first-order valence-electron chi connectivity index (χ1n) is 5.02. The predicted octanol–water partition coefficient (Wildman–Crippen LogP) is 1.50. The van der Waals surface area contributed by atoms with Crippen LogP contribution in [0.15, 0.2) is 24.3 Å². The van der Waals surface area contributed by atoms with Crippen LogP contribution in [-0.4, -0.2) is 32.4 Å². The van der Waals surface area contributed by atoms with Gasteiger partial charge in [0, 0.05) is 22.9 Å². The first-order valence-corrected chi connectivity index (χ1v) is 7.46. The van der Waals surface area contributed by atoms with Crippen molar-refractivity contribution in [2.45, 2.75) is 13.0 Å². The summed E-state index contributed by atoms with van der Waals surface area (Å²) >= 11 is 5.76. The van der Waals surface area contributed by atoms with Crippen molar-refractivity contribution in [3.8, 4) is 0 Å². The van der Waals surface area contributed by atoms with Gasteiger partial charge < -0.3 is 5.32 Å². The number of hydrogen-bond acceptors (Lipinski definition) is 3. The predicted molar refractivity (Wildman–Crippen MR) is 68.1 cm³/mol. The van der Waals surface area contributed by atoms with Gasteiger partial charge in [0.1, 0.15) is 9.84 Å². The van der Waals surface area contributed by atoms with Gasteiger partial charge in [0.05, 0.1) is 5.75 Å². The quantitative estimate of drug-likeness (QED) is 0.906. The molecule has 0 radical (unpaired) electrons. The molecule has 1 amide bonds. The number of hydrogen-bond donors (Lipinski definition) is 1. The molecule has 6 heteroatoms. The lowest BCUT2D eigenvalue weighted by molar-refractivity contribution is 0.0943. The zero-order chi connectivity index (χ0) is 13.1. The Morgan fingerprint density at radius 3 is 2.65 bits per heavy atom. The maximum absolute atomic E-state index is 11.7. The second-order valence-electron chi connectivity index (χ2n) is 3.98. The topological polar surface area (TPSA) is 63.2 Å². The molecule has 1 aromatic carbocycles. The van der Waals surface area contributed by atoms with Crippen LogP contribution in [0.1, 0.15) is 17.3 Å². The molecule has 1 N–H and O–H groups in total. The van der Waals surface area contributed by atoms with Gasteiger partial charge in [-0.25, -0.2) is 8.42 Å². The molecule has 17 heavy (non-hydrogen) atoms. The Hall–Kier alpha value is -1.07. The van der Waals surface area contributed by atoms with E-state index in [0.29, 0.717) is 10.6 Å². The Kier molecular flexibility index (Phi) is 4.54. The lowest BCUT2D eigenvalue weighted by Gasteiger charge is -2.12. The van der Waals surface area contributed by atoms with Crippen molar-refractivity contribution in [3.63, 3.8) is 0 Å². The molecular weight excluding hydrogens is 262 g/mol. The lowest BCUT2D eigenvalue weighted by Crippen LogP contribution is -2.37. The van der Waals surface area contributed by atoms with Crippen molar-refractivity contribution < 1.29 is 13.2 Å². The monoisotopic (exact) mass is 275 g/mol. The number of amides is 1. The maximum Gasteiger partial charge on any atom is 0.251 e. The molecular formula is C11H14ClNO3S. The van der Waals surface area contributed by atoms with E-state index in [9.17, 15) is 13.2 Å². The lowest BCUT2D eigenvalue weighted by atomic mass is 10.2. The van der Waals surface area contributed by atoms with E-state index in [2.05, 4.69) is 5.32 Å². The van der Waals surface area contributed by atoms with E-state index in [0.717, 1.165) is 6.26 Å². The third-order valence-corrected chi connectivity index (χ3v) is 3.36. The summed E-state index contributed by atoms with van der Waals surface area (Å²) in [7, 11) is -3.10. The molecule has 0 saturated heterocycles. The SMILES string of the molecule is CC(CS(C)(=O)=O)NC(=O)c1cccc(Cl)c1. The van der Waals surface area contributed by atoms with Crippen molar-refractivity contribution in [3.05, 3.63) is 34.9 Å². The van der Waals surface area contributed by atoms with Crippen LogP contribution < -0.4 is 5.32 Å². The second kappa shape index (κ2) is 5.51. The number of benzene rings is 1. The largest absolute Gasteiger partial charge is 0.349 e. The van der Waals surface area contributed by atoms with Crippen LogP contribution in [0.2, 0.25) is 5.02 Å². The Balaban J connectivity index is 2.67. The number of halogens is 1. The summed E-state index contributed by atoms with van der Waals surface area (Å²) in [6.07, 6.45) is 1.13. The molecule has 1 atom stereocenters. The highest BCUT2D eigenvalue weighted by atomic mass is 35.5. The summed E-state index contributed by atoms with van der Waals surface area (Å²) in [6.45, 7) is 1.64. The summed E-state index contributed by atoms with van der Waals surface area (Å²) < 4.78 is 22.1. The molecule has 0 aliphatic heterocycles. The fourth-order valence-corrected chi connectivity index (χ4v) is 2.61. The van der Waals surface area contributed by atoms with Gasteiger partial charge in [-0.15, -0.1) is 0 Å². The van der Waals surface area contributed by atoms with Crippen LogP contribution in [0, 0.1) is 0 Å². The maximum atomic E-state index is 11.7. The summed E-state index contributed by atoms with van der Waals surface area (Å²) in [6, 6.07) is 6.05. The zero-order valence-corrected chi connectivity index (χ0v) is 11.2. The Morgan fingerprint density at radius 1 is 1.47 bits per heavy atom. The van der Waals surface area contributed by atoms with Crippen LogP contribution in [0.25, 0.3) is 0 Å². The molecule has 0 saturated carbocycles. The van der Waals surface area contributed by atoms with E-state index >= 15 is 0 Å². The van der Waals surface area contributed by atoms with Crippen molar-refractivity contribution in [2.75, 3.05) is 12.0 Å². The highest BCUT2D eigenvalue weighted by Gasteiger charge is 2.14. The van der Waals surface area contributed by atoms with Gasteiger partial charge in [-0.1, -0.05) is 17.7 Å². The number of carbonyl (C=O) groups is 1. The fourth-order valence-electron chi connectivity index (χ4n) is 1.43. The third-order valence-electron chi connectivity index (χ3n) is 2.02. The van der Waals surface area contributed by atoms with Crippen LogP contribution >= 0.6 is 11.6 Å². The number of nitrogens with one attached hydrogen (secondary N) is 1.